The molecule has 0 radical (unpaired) electrons. The van der Waals surface area contributed by atoms with Gasteiger partial charge in [0, 0.05) is 43.6 Å². The number of nitrogens with one attached hydrogen (secondary N) is 1. The smallest absolute Gasteiger partial charge is 0.0368 e. The summed E-state index contributed by atoms with van der Waals surface area (Å²) < 4.78 is 0. The summed E-state index contributed by atoms with van der Waals surface area (Å²) in [5, 5.41) is 3.73. The topological polar surface area (TPSA) is 18.5 Å². The molecule has 2 aliphatic rings. The molecule has 1 heterocycles. The Hall–Kier alpha value is -1.22. The zero-order chi connectivity index (χ0) is 14.5. The molecule has 1 aromatic carbocycles. The summed E-state index contributed by atoms with van der Waals surface area (Å²) in [5.41, 5.74) is 2.66. The van der Waals surface area contributed by atoms with Crippen molar-refractivity contribution >= 4 is 11.4 Å². The zero-order valence-corrected chi connectivity index (χ0v) is 13.4. The number of hydrogen-bond acceptors (Lipinski definition) is 3. The van der Waals surface area contributed by atoms with Gasteiger partial charge in [-0.3, -0.25) is 0 Å². The van der Waals surface area contributed by atoms with E-state index in [0.29, 0.717) is 6.04 Å². The first kappa shape index (κ1) is 14.7. The highest BCUT2D eigenvalue weighted by Gasteiger charge is 2.15. The van der Waals surface area contributed by atoms with E-state index < -0.39 is 0 Å². The fourth-order valence-corrected chi connectivity index (χ4v) is 3.49. The van der Waals surface area contributed by atoms with E-state index >= 15 is 0 Å². The van der Waals surface area contributed by atoms with Crippen molar-refractivity contribution in [1.29, 1.82) is 0 Å². The van der Waals surface area contributed by atoms with Gasteiger partial charge in [0.25, 0.3) is 0 Å². The summed E-state index contributed by atoms with van der Waals surface area (Å²) in [6, 6.07) is 9.77. The van der Waals surface area contributed by atoms with Crippen molar-refractivity contribution in [3.63, 3.8) is 0 Å². The Labute approximate surface area is 129 Å². The number of anilines is 2. The SMILES string of the molecule is CN1CCN(c2ccc(NC3CCCCCC3)cc2)CC1. The molecule has 0 spiro atoms. The molecule has 1 aliphatic heterocycles. The standard InChI is InChI=1S/C18H29N3/c1-20-12-14-21(15-13-20)18-10-8-17(9-11-18)19-16-6-4-2-3-5-7-16/h8-11,16,19H,2-7,12-15H2,1H3. The predicted molar refractivity (Wildman–Crippen MR) is 91.3 cm³/mol. The lowest BCUT2D eigenvalue weighted by atomic mass is 10.1. The van der Waals surface area contributed by atoms with Crippen LogP contribution in [0.15, 0.2) is 24.3 Å². The molecule has 0 atom stereocenters. The maximum absolute atomic E-state index is 3.73. The third kappa shape index (κ3) is 4.13. The van der Waals surface area contributed by atoms with Crippen LogP contribution in [-0.4, -0.2) is 44.2 Å². The average molecular weight is 287 g/mol. The molecule has 2 fully saturated rings. The zero-order valence-electron chi connectivity index (χ0n) is 13.4. The monoisotopic (exact) mass is 287 g/mol. The van der Waals surface area contributed by atoms with E-state index in [9.17, 15) is 0 Å². The fourth-order valence-electron chi connectivity index (χ4n) is 3.49. The van der Waals surface area contributed by atoms with Gasteiger partial charge in [-0.05, 0) is 44.2 Å². The van der Waals surface area contributed by atoms with Gasteiger partial charge in [0.2, 0.25) is 0 Å². The molecule has 116 valence electrons. The molecule has 1 saturated heterocycles. The van der Waals surface area contributed by atoms with Crippen molar-refractivity contribution in [3.05, 3.63) is 24.3 Å². The summed E-state index contributed by atoms with van der Waals surface area (Å²) in [6.07, 6.45) is 8.27. The second-order valence-corrected chi connectivity index (χ2v) is 6.67. The Bertz CT molecular complexity index is 413. The summed E-state index contributed by atoms with van der Waals surface area (Å²) in [4.78, 5) is 4.90. The highest BCUT2D eigenvalue weighted by Crippen LogP contribution is 2.23. The minimum absolute atomic E-state index is 0.682. The molecule has 1 aromatic rings. The number of benzene rings is 1. The molecule has 0 amide bonds. The molecule has 21 heavy (non-hydrogen) atoms. The fraction of sp³-hybridized carbons (Fsp3) is 0.667. The van der Waals surface area contributed by atoms with Crippen LogP contribution in [0.5, 0.6) is 0 Å². The quantitative estimate of drug-likeness (QED) is 0.857. The molecule has 3 nitrogen and oxygen atoms in total. The van der Waals surface area contributed by atoms with Crippen molar-refractivity contribution in [2.45, 2.75) is 44.6 Å². The van der Waals surface area contributed by atoms with Crippen LogP contribution in [0.2, 0.25) is 0 Å². The Balaban J connectivity index is 1.56. The number of hydrogen-bond donors (Lipinski definition) is 1. The van der Waals surface area contributed by atoms with Gasteiger partial charge < -0.3 is 15.1 Å². The maximum atomic E-state index is 3.73. The maximum Gasteiger partial charge on any atom is 0.0368 e. The van der Waals surface area contributed by atoms with Crippen LogP contribution in [0.25, 0.3) is 0 Å². The van der Waals surface area contributed by atoms with Gasteiger partial charge in [0.05, 0.1) is 0 Å². The molecule has 1 N–H and O–H groups in total. The summed E-state index contributed by atoms with van der Waals surface area (Å²) in [7, 11) is 2.21. The Kier molecular flexibility index (Phi) is 5.02. The van der Waals surface area contributed by atoms with Gasteiger partial charge in [-0.2, -0.15) is 0 Å². The lowest BCUT2D eigenvalue weighted by Gasteiger charge is -2.34. The molecule has 1 aliphatic carbocycles. The summed E-state index contributed by atoms with van der Waals surface area (Å²) in [5.74, 6) is 0. The summed E-state index contributed by atoms with van der Waals surface area (Å²) >= 11 is 0. The third-order valence-electron chi connectivity index (χ3n) is 4.96. The number of nitrogens with zero attached hydrogens (tertiary/aromatic N) is 2. The highest BCUT2D eigenvalue weighted by molar-refractivity contribution is 5.55. The van der Waals surface area contributed by atoms with Crippen LogP contribution in [0.3, 0.4) is 0 Å². The first-order chi connectivity index (χ1) is 10.3. The Morgan fingerprint density at radius 2 is 1.48 bits per heavy atom. The largest absolute Gasteiger partial charge is 0.382 e. The van der Waals surface area contributed by atoms with E-state index in [4.69, 9.17) is 0 Å². The van der Waals surface area contributed by atoms with Gasteiger partial charge in [-0.15, -0.1) is 0 Å². The highest BCUT2D eigenvalue weighted by atomic mass is 15.2. The molecule has 0 bridgehead atoms. The van der Waals surface area contributed by atoms with Crippen LogP contribution in [0.1, 0.15) is 38.5 Å². The number of rotatable bonds is 3. The number of likely N-dealkylation sites (N-methyl/N-ethyl adjacent to an activating group) is 1. The van der Waals surface area contributed by atoms with E-state index in [2.05, 4.69) is 46.4 Å². The van der Waals surface area contributed by atoms with Crippen molar-refractivity contribution in [3.8, 4) is 0 Å². The van der Waals surface area contributed by atoms with Gasteiger partial charge in [0.15, 0.2) is 0 Å². The van der Waals surface area contributed by atoms with Crippen LogP contribution in [0, 0.1) is 0 Å². The van der Waals surface area contributed by atoms with E-state index in [1.165, 1.54) is 63.0 Å². The Morgan fingerprint density at radius 1 is 0.857 bits per heavy atom. The van der Waals surface area contributed by atoms with E-state index in [-0.39, 0.29) is 0 Å². The van der Waals surface area contributed by atoms with Crippen molar-refractivity contribution in [2.24, 2.45) is 0 Å². The van der Waals surface area contributed by atoms with Gasteiger partial charge in [-0.1, -0.05) is 25.7 Å². The molecule has 0 unspecified atom stereocenters. The number of piperazine rings is 1. The van der Waals surface area contributed by atoms with E-state index in [0.717, 1.165) is 13.1 Å². The predicted octanol–water partition coefficient (Wildman–Crippen LogP) is 3.57. The summed E-state index contributed by atoms with van der Waals surface area (Å²) in [6.45, 7) is 4.63. The van der Waals surface area contributed by atoms with Crippen LogP contribution in [-0.2, 0) is 0 Å². The molecular formula is C18H29N3. The van der Waals surface area contributed by atoms with Crippen molar-refractivity contribution in [1.82, 2.24) is 4.90 Å². The average Bonchev–Trinajstić information content (AvgIpc) is 2.78. The normalized spacial score (nSPS) is 22.0. The van der Waals surface area contributed by atoms with Crippen molar-refractivity contribution < 1.29 is 0 Å². The van der Waals surface area contributed by atoms with Gasteiger partial charge in [0.1, 0.15) is 0 Å². The van der Waals surface area contributed by atoms with Gasteiger partial charge >= 0.3 is 0 Å². The van der Waals surface area contributed by atoms with E-state index in [1.807, 2.05) is 0 Å². The first-order valence-electron chi connectivity index (χ1n) is 8.61. The second-order valence-electron chi connectivity index (χ2n) is 6.67. The van der Waals surface area contributed by atoms with Crippen molar-refractivity contribution in [2.75, 3.05) is 43.4 Å². The Morgan fingerprint density at radius 3 is 2.10 bits per heavy atom. The third-order valence-corrected chi connectivity index (χ3v) is 4.96. The molecule has 0 aromatic heterocycles. The van der Waals surface area contributed by atoms with Crippen LogP contribution >= 0.6 is 0 Å². The molecule has 3 rings (SSSR count). The first-order valence-corrected chi connectivity index (χ1v) is 8.61. The lowest BCUT2D eigenvalue weighted by Crippen LogP contribution is -2.44. The molecule has 1 saturated carbocycles. The van der Waals surface area contributed by atoms with Crippen LogP contribution in [0.4, 0.5) is 11.4 Å². The molecule has 3 heteroatoms. The minimum Gasteiger partial charge on any atom is -0.382 e. The van der Waals surface area contributed by atoms with Gasteiger partial charge in [-0.25, -0.2) is 0 Å². The lowest BCUT2D eigenvalue weighted by molar-refractivity contribution is 0.313. The van der Waals surface area contributed by atoms with Crippen LogP contribution < -0.4 is 10.2 Å². The minimum atomic E-state index is 0.682. The second kappa shape index (κ2) is 7.17. The van der Waals surface area contributed by atoms with E-state index in [1.54, 1.807) is 0 Å². The molecular weight excluding hydrogens is 258 g/mol.